The van der Waals surface area contributed by atoms with Gasteiger partial charge in [-0.3, -0.25) is 0 Å². The van der Waals surface area contributed by atoms with Crippen LogP contribution in [0.2, 0.25) is 0 Å². The van der Waals surface area contributed by atoms with Crippen molar-refractivity contribution in [2.75, 3.05) is 0 Å². The van der Waals surface area contributed by atoms with Gasteiger partial charge in [0.1, 0.15) is 0 Å². The Morgan fingerprint density at radius 3 is 2.37 bits per heavy atom. The van der Waals surface area contributed by atoms with Crippen molar-refractivity contribution in [2.45, 2.75) is 36.6 Å². The highest BCUT2D eigenvalue weighted by Crippen LogP contribution is 2.36. The predicted octanol–water partition coefficient (Wildman–Crippen LogP) is 5.24. The smallest absolute Gasteiger partial charge is 0.0277 e. The van der Waals surface area contributed by atoms with E-state index in [1.165, 1.54) is 26.5 Å². The van der Waals surface area contributed by atoms with Crippen LogP contribution < -0.4 is 5.73 Å². The van der Waals surface area contributed by atoms with Gasteiger partial charge < -0.3 is 5.73 Å². The largest absolute Gasteiger partial charge is 0.324 e. The highest BCUT2D eigenvalue weighted by atomic mass is 79.9. The Bertz CT molecular complexity index is 593. The quantitative estimate of drug-likeness (QED) is 0.830. The summed E-state index contributed by atoms with van der Waals surface area (Å²) in [5.41, 5.74) is 9.85. The van der Waals surface area contributed by atoms with Gasteiger partial charge >= 0.3 is 0 Å². The highest BCUT2D eigenvalue weighted by molar-refractivity contribution is 9.10. The van der Waals surface area contributed by atoms with Crippen LogP contribution in [0.1, 0.15) is 29.7 Å². The Morgan fingerprint density at radius 2 is 1.74 bits per heavy atom. The van der Waals surface area contributed by atoms with Crippen LogP contribution >= 0.6 is 27.7 Å². The molecule has 2 aromatic carbocycles. The molecule has 0 amide bonds. The monoisotopic (exact) mass is 335 g/mol. The van der Waals surface area contributed by atoms with Crippen LogP contribution in [-0.2, 0) is 0 Å². The van der Waals surface area contributed by atoms with E-state index in [1.807, 2.05) is 6.92 Å². The molecule has 1 unspecified atom stereocenters. The average Bonchev–Trinajstić information content (AvgIpc) is 2.34. The molecule has 0 aromatic heterocycles. The first-order chi connectivity index (χ1) is 8.97. The van der Waals surface area contributed by atoms with E-state index in [4.69, 9.17) is 5.73 Å². The summed E-state index contributed by atoms with van der Waals surface area (Å²) in [6, 6.07) is 12.9. The van der Waals surface area contributed by atoms with Gasteiger partial charge in [-0.05, 0) is 56.2 Å². The predicted molar refractivity (Wildman–Crippen MR) is 86.8 cm³/mol. The molecule has 0 aliphatic rings. The van der Waals surface area contributed by atoms with Crippen molar-refractivity contribution in [2.24, 2.45) is 5.73 Å². The van der Waals surface area contributed by atoms with Crippen LogP contribution in [0.5, 0.6) is 0 Å². The lowest BCUT2D eigenvalue weighted by molar-refractivity contribution is 0.796. The summed E-state index contributed by atoms with van der Waals surface area (Å²) in [5.74, 6) is 0. The number of rotatable bonds is 3. The zero-order valence-electron chi connectivity index (χ0n) is 11.4. The summed E-state index contributed by atoms with van der Waals surface area (Å²) >= 11 is 5.29. The van der Waals surface area contributed by atoms with Crippen LogP contribution in [0.4, 0.5) is 0 Å². The minimum Gasteiger partial charge on any atom is -0.324 e. The molecule has 0 radical (unpaired) electrons. The summed E-state index contributed by atoms with van der Waals surface area (Å²) in [7, 11) is 0. The first-order valence-electron chi connectivity index (χ1n) is 6.27. The molecule has 2 N–H and O–H groups in total. The number of halogens is 1. The molecule has 0 bridgehead atoms. The summed E-state index contributed by atoms with van der Waals surface area (Å²) < 4.78 is 1.07. The first-order valence-corrected chi connectivity index (χ1v) is 7.88. The van der Waals surface area contributed by atoms with Crippen molar-refractivity contribution in [1.82, 2.24) is 0 Å². The number of hydrogen-bond donors (Lipinski definition) is 1. The molecule has 100 valence electrons. The first kappa shape index (κ1) is 14.6. The van der Waals surface area contributed by atoms with Crippen molar-refractivity contribution >= 4 is 27.7 Å². The van der Waals surface area contributed by atoms with E-state index in [-0.39, 0.29) is 6.04 Å². The second-order valence-corrected chi connectivity index (χ2v) is 6.84. The third kappa shape index (κ3) is 3.62. The normalized spacial score (nSPS) is 12.5. The maximum absolute atomic E-state index is 6.07. The fourth-order valence-electron chi connectivity index (χ4n) is 2.00. The minimum atomic E-state index is 0.0331. The van der Waals surface area contributed by atoms with Crippen molar-refractivity contribution in [1.29, 1.82) is 0 Å². The van der Waals surface area contributed by atoms with E-state index >= 15 is 0 Å². The summed E-state index contributed by atoms with van der Waals surface area (Å²) in [6.07, 6.45) is 0. The van der Waals surface area contributed by atoms with Gasteiger partial charge in [0.25, 0.3) is 0 Å². The zero-order valence-corrected chi connectivity index (χ0v) is 13.8. The molecule has 0 fully saturated rings. The Balaban J connectivity index is 2.38. The van der Waals surface area contributed by atoms with E-state index in [0.29, 0.717) is 0 Å². The Hall–Kier alpha value is -0.770. The van der Waals surface area contributed by atoms with Gasteiger partial charge in [-0.1, -0.05) is 45.4 Å². The van der Waals surface area contributed by atoms with Gasteiger partial charge in [0.15, 0.2) is 0 Å². The Kier molecular flexibility index (Phi) is 4.71. The third-order valence-corrected chi connectivity index (χ3v) is 4.78. The van der Waals surface area contributed by atoms with Crippen molar-refractivity contribution in [3.05, 3.63) is 57.6 Å². The minimum absolute atomic E-state index is 0.0331. The van der Waals surface area contributed by atoms with Crippen LogP contribution in [0.15, 0.2) is 50.7 Å². The molecule has 0 saturated heterocycles. The lowest BCUT2D eigenvalue weighted by atomic mass is 10.1. The Labute approximate surface area is 127 Å². The molecule has 0 saturated carbocycles. The van der Waals surface area contributed by atoms with Crippen LogP contribution in [0, 0.1) is 13.8 Å². The standard InChI is InChI=1S/C16H18BrNS/c1-10-4-6-15(11(2)8-10)19-16-7-5-13(17)9-14(16)12(3)18/h4-9,12H,18H2,1-3H3. The van der Waals surface area contributed by atoms with Crippen LogP contribution in [0.3, 0.4) is 0 Å². The fourth-order valence-corrected chi connectivity index (χ4v) is 3.47. The molecule has 1 atom stereocenters. The van der Waals surface area contributed by atoms with Gasteiger partial charge in [-0.15, -0.1) is 0 Å². The Morgan fingerprint density at radius 1 is 1.05 bits per heavy atom. The van der Waals surface area contributed by atoms with E-state index in [9.17, 15) is 0 Å². The molecule has 0 aliphatic heterocycles. The molecule has 0 heterocycles. The molecular weight excluding hydrogens is 318 g/mol. The SMILES string of the molecule is Cc1ccc(Sc2ccc(Br)cc2C(C)N)c(C)c1. The summed E-state index contributed by atoms with van der Waals surface area (Å²) in [4.78, 5) is 2.51. The second kappa shape index (κ2) is 6.12. The van der Waals surface area contributed by atoms with Gasteiger partial charge in [-0.2, -0.15) is 0 Å². The molecule has 2 aromatic rings. The molecular formula is C16H18BrNS. The average molecular weight is 336 g/mol. The lowest BCUT2D eigenvalue weighted by Gasteiger charge is -2.14. The number of benzene rings is 2. The topological polar surface area (TPSA) is 26.0 Å². The van der Waals surface area contributed by atoms with E-state index in [0.717, 1.165) is 4.47 Å². The van der Waals surface area contributed by atoms with E-state index < -0.39 is 0 Å². The molecule has 2 rings (SSSR count). The third-order valence-electron chi connectivity index (χ3n) is 3.01. The summed E-state index contributed by atoms with van der Waals surface area (Å²) in [6.45, 7) is 6.29. The number of aryl methyl sites for hydroxylation is 2. The lowest BCUT2D eigenvalue weighted by Crippen LogP contribution is -2.06. The van der Waals surface area contributed by atoms with E-state index in [1.54, 1.807) is 11.8 Å². The van der Waals surface area contributed by atoms with Crippen molar-refractivity contribution in [3.63, 3.8) is 0 Å². The molecule has 19 heavy (non-hydrogen) atoms. The number of nitrogens with two attached hydrogens (primary N) is 1. The molecule has 0 aliphatic carbocycles. The van der Waals surface area contributed by atoms with Crippen molar-refractivity contribution < 1.29 is 0 Å². The maximum Gasteiger partial charge on any atom is 0.0277 e. The van der Waals surface area contributed by atoms with Crippen LogP contribution in [-0.4, -0.2) is 0 Å². The van der Waals surface area contributed by atoms with E-state index in [2.05, 4.69) is 66.2 Å². The molecule has 0 spiro atoms. The summed E-state index contributed by atoms with van der Waals surface area (Å²) in [5, 5.41) is 0. The van der Waals surface area contributed by atoms with Gasteiger partial charge in [-0.25, -0.2) is 0 Å². The van der Waals surface area contributed by atoms with Gasteiger partial charge in [0.2, 0.25) is 0 Å². The van der Waals surface area contributed by atoms with Crippen molar-refractivity contribution in [3.8, 4) is 0 Å². The van der Waals surface area contributed by atoms with Gasteiger partial charge in [0, 0.05) is 20.3 Å². The zero-order chi connectivity index (χ0) is 14.0. The van der Waals surface area contributed by atoms with Gasteiger partial charge in [0.05, 0.1) is 0 Å². The maximum atomic E-state index is 6.07. The highest BCUT2D eigenvalue weighted by Gasteiger charge is 2.10. The number of hydrogen-bond acceptors (Lipinski definition) is 2. The second-order valence-electron chi connectivity index (χ2n) is 4.84. The van der Waals surface area contributed by atoms with Crippen LogP contribution in [0.25, 0.3) is 0 Å². The fraction of sp³-hybridized carbons (Fsp3) is 0.250. The molecule has 1 nitrogen and oxygen atoms in total. The molecule has 3 heteroatoms.